The van der Waals surface area contributed by atoms with Crippen molar-refractivity contribution >= 4 is 29.0 Å². The largest absolute Gasteiger partial charge is 0.508 e. The summed E-state index contributed by atoms with van der Waals surface area (Å²) in [5, 5.41) is 23.6. The number of nitrogens with one attached hydrogen (secondary N) is 1. The van der Waals surface area contributed by atoms with Crippen molar-refractivity contribution in [3.05, 3.63) is 12.2 Å². The number of amides is 1. The summed E-state index contributed by atoms with van der Waals surface area (Å²) in [7, 11) is 0. The highest BCUT2D eigenvalue weighted by Crippen LogP contribution is 2.34. The Bertz CT molecular complexity index is 1120. The SMILES string of the molecule is CCNC(=O)[C@H]1O[C@@H](n2cnc3c(N)nc(CC4CCC(COC(=O)OCC(C)C)CC4)nc32)C(O)C1O. The van der Waals surface area contributed by atoms with E-state index in [4.69, 9.17) is 19.9 Å². The number of hydrogen-bond acceptors (Lipinski definition) is 11. The average molecular weight is 535 g/mol. The summed E-state index contributed by atoms with van der Waals surface area (Å²) in [6.07, 6.45) is 0.0496. The Morgan fingerprint density at radius 2 is 1.87 bits per heavy atom. The van der Waals surface area contributed by atoms with Crippen molar-refractivity contribution < 1.29 is 34.0 Å². The lowest BCUT2D eigenvalue weighted by Gasteiger charge is -2.27. The van der Waals surface area contributed by atoms with Gasteiger partial charge in [0, 0.05) is 13.0 Å². The van der Waals surface area contributed by atoms with Gasteiger partial charge >= 0.3 is 6.16 Å². The number of aliphatic hydroxyl groups is 2. The molecule has 3 heterocycles. The first kappa shape index (κ1) is 28.0. The molecule has 4 atom stereocenters. The average Bonchev–Trinajstić information content (AvgIpc) is 3.43. The van der Waals surface area contributed by atoms with Crippen molar-refractivity contribution in [1.29, 1.82) is 0 Å². The zero-order chi connectivity index (χ0) is 27.4. The molecular formula is C25H38N6O7. The van der Waals surface area contributed by atoms with Gasteiger partial charge < -0.3 is 35.5 Å². The number of ether oxygens (including phenoxy) is 3. The minimum absolute atomic E-state index is 0.207. The maximum Gasteiger partial charge on any atom is 0.508 e. The molecule has 2 aromatic rings. The molecule has 38 heavy (non-hydrogen) atoms. The van der Waals surface area contributed by atoms with Crippen molar-refractivity contribution in [2.24, 2.45) is 17.8 Å². The first-order valence-electron chi connectivity index (χ1n) is 13.3. The van der Waals surface area contributed by atoms with Gasteiger partial charge in [0.05, 0.1) is 19.5 Å². The summed E-state index contributed by atoms with van der Waals surface area (Å²) in [5.74, 6) is 1.14. The van der Waals surface area contributed by atoms with Crippen LogP contribution in [0.5, 0.6) is 0 Å². The van der Waals surface area contributed by atoms with Gasteiger partial charge in [-0.25, -0.2) is 19.7 Å². The van der Waals surface area contributed by atoms with E-state index in [2.05, 4.69) is 20.3 Å². The lowest BCUT2D eigenvalue weighted by molar-refractivity contribution is -0.137. The number of nitrogens with zero attached hydrogens (tertiary/aromatic N) is 4. The number of nitrogens with two attached hydrogens (primary N) is 1. The first-order chi connectivity index (χ1) is 18.2. The number of hydrogen-bond donors (Lipinski definition) is 4. The molecule has 2 fully saturated rings. The maximum absolute atomic E-state index is 12.3. The van der Waals surface area contributed by atoms with Crippen LogP contribution < -0.4 is 11.1 Å². The van der Waals surface area contributed by atoms with E-state index in [1.807, 2.05) is 13.8 Å². The highest BCUT2D eigenvalue weighted by atomic mass is 16.7. The van der Waals surface area contributed by atoms with Crippen molar-refractivity contribution in [3.8, 4) is 0 Å². The number of rotatable bonds is 9. The molecule has 5 N–H and O–H groups in total. The second-order valence-corrected chi connectivity index (χ2v) is 10.5. The molecule has 2 aromatic heterocycles. The molecule has 1 amide bonds. The van der Waals surface area contributed by atoms with Crippen molar-refractivity contribution in [3.63, 3.8) is 0 Å². The molecule has 13 nitrogen and oxygen atoms in total. The van der Waals surface area contributed by atoms with Crippen LogP contribution in [0.1, 0.15) is 58.5 Å². The third-order valence-electron chi connectivity index (χ3n) is 7.03. The molecule has 13 heteroatoms. The van der Waals surface area contributed by atoms with Crippen LogP contribution in [0.2, 0.25) is 0 Å². The molecule has 0 aromatic carbocycles. The van der Waals surface area contributed by atoms with Gasteiger partial charge in [0.15, 0.2) is 23.8 Å². The number of nitrogen functional groups attached to an aromatic ring is 1. The molecule has 0 radical (unpaired) electrons. The number of fused-ring (bicyclic) bond motifs is 1. The monoisotopic (exact) mass is 534 g/mol. The van der Waals surface area contributed by atoms with Gasteiger partial charge in [0.25, 0.3) is 5.91 Å². The Hall–Kier alpha value is -3.03. The smallest absolute Gasteiger partial charge is 0.434 e. The van der Waals surface area contributed by atoms with Gasteiger partial charge in [-0.2, -0.15) is 0 Å². The fourth-order valence-corrected chi connectivity index (χ4v) is 4.97. The van der Waals surface area contributed by atoms with E-state index in [9.17, 15) is 19.8 Å². The fraction of sp³-hybridized carbons (Fsp3) is 0.720. The van der Waals surface area contributed by atoms with Gasteiger partial charge in [0.1, 0.15) is 23.5 Å². The maximum atomic E-state index is 12.3. The van der Waals surface area contributed by atoms with Crippen LogP contribution in [0.3, 0.4) is 0 Å². The summed E-state index contributed by atoms with van der Waals surface area (Å²) < 4.78 is 17.5. The van der Waals surface area contributed by atoms with Crippen LogP contribution in [0, 0.1) is 17.8 Å². The van der Waals surface area contributed by atoms with Gasteiger partial charge in [-0.3, -0.25) is 9.36 Å². The molecule has 1 saturated carbocycles. The third-order valence-corrected chi connectivity index (χ3v) is 7.03. The van der Waals surface area contributed by atoms with Crippen molar-refractivity contribution in [1.82, 2.24) is 24.8 Å². The summed E-state index contributed by atoms with van der Waals surface area (Å²) in [4.78, 5) is 37.3. The Kier molecular flexibility index (Phi) is 9.00. The number of imidazole rings is 1. The highest BCUT2D eigenvalue weighted by molar-refractivity contribution is 5.83. The highest BCUT2D eigenvalue weighted by Gasteiger charge is 2.47. The third kappa shape index (κ3) is 6.33. The van der Waals surface area contributed by atoms with Crippen LogP contribution in [-0.4, -0.2) is 79.9 Å². The molecule has 4 rings (SSSR count). The predicted octanol–water partition coefficient (Wildman–Crippen LogP) is 1.32. The zero-order valence-electron chi connectivity index (χ0n) is 22.1. The number of aliphatic hydroxyl groups excluding tert-OH is 2. The summed E-state index contributed by atoms with van der Waals surface area (Å²) in [5.41, 5.74) is 6.90. The fourth-order valence-electron chi connectivity index (χ4n) is 4.97. The van der Waals surface area contributed by atoms with Crippen molar-refractivity contribution in [2.75, 3.05) is 25.5 Å². The molecule has 1 aliphatic heterocycles. The predicted molar refractivity (Wildman–Crippen MR) is 136 cm³/mol. The van der Waals surface area contributed by atoms with Gasteiger partial charge in [0.2, 0.25) is 0 Å². The Labute approximate surface area is 221 Å². The lowest BCUT2D eigenvalue weighted by atomic mass is 9.81. The number of carbonyl (C=O) groups is 2. The number of carbonyl (C=O) groups excluding carboxylic acids is 2. The Morgan fingerprint density at radius 3 is 2.55 bits per heavy atom. The van der Waals surface area contributed by atoms with Crippen LogP contribution >= 0.6 is 0 Å². The van der Waals surface area contributed by atoms with Gasteiger partial charge in [-0.1, -0.05) is 13.8 Å². The van der Waals surface area contributed by atoms with Crippen molar-refractivity contribution in [2.45, 2.75) is 77.4 Å². The molecule has 1 aliphatic carbocycles. The van der Waals surface area contributed by atoms with E-state index >= 15 is 0 Å². The normalized spacial score (nSPS) is 27.5. The molecule has 0 bridgehead atoms. The molecule has 2 unspecified atom stereocenters. The summed E-state index contributed by atoms with van der Waals surface area (Å²) in [6.45, 7) is 6.76. The van der Waals surface area contributed by atoms with E-state index in [1.54, 1.807) is 6.92 Å². The van der Waals surface area contributed by atoms with E-state index < -0.39 is 36.6 Å². The molecule has 0 spiro atoms. The van der Waals surface area contributed by atoms with Gasteiger partial charge in [-0.05, 0) is 50.4 Å². The van der Waals surface area contributed by atoms with E-state index in [0.717, 1.165) is 25.7 Å². The van der Waals surface area contributed by atoms with Crippen LogP contribution in [0.4, 0.5) is 10.6 Å². The topological polar surface area (TPSA) is 184 Å². The van der Waals surface area contributed by atoms with Gasteiger partial charge in [-0.15, -0.1) is 0 Å². The minimum Gasteiger partial charge on any atom is -0.434 e. The first-order valence-corrected chi connectivity index (χ1v) is 13.3. The molecule has 2 aliphatic rings. The number of aromatic nitrogens is 4. The molecule has 1 saturated heterocycles. The lowest BCUT2D eigenvalue weighted by Crippen LogP contribution is -2.42. The van der Waals surface area contributed by atoms with Crippen LogP contribution in [0.15, 0.2) is 6.33 Å². The van der Waals surface area contributed by atoms with E-state index in [1.165, 1.54) is 10.9 Å². The zero-order valence-corrected chi connectivity index (χ0v) is 22.1. The summed E-state index contributed by atoms with van der Waals surface area (Å²) >= 11 is 0. The molecule has 210 valence electrons. The van der Waals surface area contributed by atoms with Crippen LogP contribution in [-0.2, 0) is 25.4 Å². The van der Waals surface area contributed by atoms with E-state index in [0.29, 0.717) is 49.1 Å². The van der Waals surface area contributed by atoms with Crippen LogP contribution in [0.25, 0.3) is 11.2 Å². The molecular weight excluding hydrogens is 496 g/mol. The number of likely N-dealkylation sites (N-methyl/N-ethyl adjacent to an activating group) is 1. The Morgan fingerprint density at radius 1 is 1.16 bits per heavy atom. The standard InChI is InChI=1S/C25H38N6O7/c1-4-27-23(34)20-18(32)19(33)24(38-20)31-12-28-17-21(26)29-16(30-22(17)31)9-14-5-7-15(8-6-14)11-37-25(35)36-10-13(2)3/h12-15,18-20,24,32-33H,4-11H2,1-3H3,(H,27,34)(H2,26,29,30)/t14?,15?,18?,19?,20-,24+/m0/s1. The number of anilines is 1. The second kappa shape index (κ2) is 12.2. The second-order valence-electron chi connectivity index (χ2n) is 10.5. The minimum atomic E-state index is -1.40. The quantitative estimate of drug-likeness (QED) is 0.340. The Balaban J connectivity index is 1.38. The summed E-state index contributed by atoms with van der Waals surface area (Å²) in [6, 6.07) is 0. The van der Waals surface area contributed by atoms with E-state index in [-0.39, 0.29) is 17.7 Å².